The van der Waals surface area contributed by atoms with Crippen LogP contribution in [0, 0.1) is 0 Å². The molecule has 1 unspecified atom stereocenters. The molecule has 5 heteroatoms. The van der Waals surface area contributed by atoms with Crippen LogP contribution >= 0.6 is 11.8 Å². The summed E-state index contributed by atoms with van der Waals surface area (Å²) in [6, 6.07) is -0.135. The lowest BCUT2D eigenvalue weighted by atomic mass is 10.0. The molecule has 0 aromatic rings. The summed E-state index contributed by atoms with van der Waals surface area (Å²) in [7, 11) is 0. The predicted octanol–water partition coefficient (Wildman–Crippen LogP) is 1.90. The van der Waals surface area contributed by atoms with Gasteiger partial charge in [0.2, 0.25) is 5.91 Å². The number of carbonyl (C=O) groups excluding carboxylic acids is 1. The van der Waals surface area contributed by atoms with Gasteiger partial charge in [-0.2, -0.15) is 0 Å². The van der Waals surface area contributed by atoms with Crippen molar-refractivity contribution in [2.24, 2.45) is 4.99 Å². The van der Waals surface area contributed by atoms with Gasteiger partial charge in [-0.3, -0.25) is 4.79 Å². The lowest BCUT2D eigenvalue weighted by molar-refractivity contribution is -0.122. The quantitative estimate of drug-likeness (QED) is 0.823. The molecule has 0 bridgehead atoms. The first-order valence-corrected chi connectivity index (χ1v) is 7.78. The SMILES string of the molecule is CC(C)NC(=O)C(C)N=C1NC2(CCCC2)CS1. The van der Waals surface area contributed by atoms with Crippen molar-refractivity contribution in [2.45, 2.75) is 64.1 Å². The van der Waals surface area contributed by atoms with Crippen molar-refractivity contribution in [1.29, 1.82) is 0 Å². The monoisotopic (exact) mass is 269 g/mol. The number of aliphatic imine (C=N–C) groups is 1. The molecule has 102 valence electrons. The molecule has 1 atom stereocenters. The third-order valence-electron chi connectivity index (χ3n) is 3.54. The van der Waals surface area contributed by atoms with Crippen molar-refractivity contribution < 1.29 is 4.79 Å². The van der Waals surface area contributed by atoms with Crippen LogP contribution in [0.15, 0.2) is 4.99 Å². The van der Waals surface area contributed by atoms with Gasteiger partial charge in [0.05, 0.1) is 0 Å². The van der Waals surface area contributed by atoms with Crippen molar-refractivity contribution in [3.05, 3.63) is 0 Å². The first-order chi connectivity index (χ1) is 8.51. The Bertz CT molecular complexity index is 348. The molecule has 2 aliphatic rings. The van der Waals surface area contributed by atoms with E-state index in [-0.39, 0.29) is 23.5 Å². The van der Waals surface area contributed by atoms with E-state index in [2.05, 4.69) is 15.6 Å². The molecular weight excluding hydrogens is 246 g/mol. The Labute approximate surface area is 113 Å². The molecule has 2 fully saturated rings. The van der Waals surface area contributed by atoms with Gasteiger partial charge in [-0.1, -0.05) is 24.6 Å². The smallest absolute Gasteiger partial charge is 0.244 e. The number of hydrogen-bond acceptors (Lipinski definition) is 3. The Morgan fingerprint density at radius 1 is 1.39 bits per heavy atom. The van der Waals surface area contributed by atoms with E-state index in [4.69, 9.17) is 0 Å². The number of nitrogens with one attached hydrogen (secondary N) is 2. The van der Waals surface area contributed by atoms with Gasteiger partial charge >= 0.3 is 0 Å². The van der Waals surface area contributed by atoms with E-state index in [1.54, 1.807) is 11.8 Å². The molecule has 1 saturated carbocycles. The molecule has 18 heavy (non-hydrogen) atoms. The van der Waals surface area contributed by atoms with Crippen LogP contribution in [-0.2, 0) is 4.79 Å². The zero-order valence-electron chi connectivity index (χ0n) is 11.5. The molecular formula is C13H23N3OS. The summed E-state index contributed by atoms with van der Waals surface area (Å²) >= 11 is 1.76. The lowest BCUT2D eigenvalue weighted by Gasteiger charge is -2.22. The molecule has 0 aromatic carbocycles. The molecule has 1 saturated heterocycles. The minimum absolute atomic E-state index is 0.00673. The minimum atomic E-state index is -0.307. The van der Waals surface area contributed by atoms with E-state index in [0.29, 0.717) is 0 Å². The van der Waals surface area contributed by atoms with Crippen LogP contribution in [0.4, 0.5) is 0 Å². The molecule has 1 aliphatic heterocycles. The Morgan fingerprint density at radius 3 is 2.67 bits per heavy atom. The van der Waals surface area contributed by atoms with Crippen LogP contribution in [0.1, 0.15) is 46.5 Å². The summed E-state index contributed by atoms with van der Waals surface area (Å²) in [5.74, 6) is 1.11. The number of thioether (sulfide) groups is 1. The number of amidine groups is 1. The normalized spacial score (nSPS) is 25.7. The predicted molar refractivity (Wildman–Crippen MR) is 77.0 cm³/mol. The lowest BCUT2D eigenvalue weighted by Crippen LogP contribution is -2.42. The van der Waals surface area contributed by atoms with Crippen LogP contribution in [0.3, 0.4) is 0 Å². The number of rotatable bonds is 3. The fraction of sp³-hybridized carbons (Fsp3) is 0.846. The highest BCUT2D eigenvalue weighted by molar-refractivity contribution is 8.14. The highest BCUT2D eigenvalue weighted by Crippen LogP contribution is 2.37. The second kappa shape index (κ2) is 5.51. The van der Waals surface area contributed by atoms with Gasteiger partial charge in [0.1, 0.15) is 6.04 Å². The zero-order valence-corrected chi connectivity index (χ0v) is 12.3. The fourth-order valence-electron chi connectivity index (χ4n) is 2.54. The highest BCUT2D eigenvalue weighted by Gasteiger charge is 2.39. The molecule has 0 radical (unpaired) electrons. The van der Waals surface area contributed by atoms with E-state index in [1.165, 1.54) is 25.7 Å². The van der Waals surface area contributed by atoms with E-state index >= 15 is 0 Å². The highest BCUT2D eigenvalue weighted by atomic mass is 32.2. The van der Waals surface area contributed by atoms with Gasteiger partial charge in [0.25, 0.3) is 0 Å². The second-order valence-electron chi connectivity index (χ2n) is 5.67. The molecule has 2 N–H and O–H groups in total. The summed E-state index contributed by atoms with van der Waals surface area (Å²) < 4.78 is 0. The first kappa shape index (κ1) is 13.7. The van der Waals surface area contributed by atoms with Crippen molar-refractivity contribution in [3.63, 3.8) is 0 Å². The Kier molecular flexibility index (Phi) is 4.20. The van der Waals surface area contributed by atoms with Gasteiger partial charge in [0, 0.05) is 17.3 Å². The third kappa shape index (κ3) is 3.19. The topological polar surface area (TPSA) is 53.5 Å². The van der Waals surface area contributed by atoms with Gasteiger partial charge < -0.3 is 10.6 Å². The standard InChI is InChI=1S/C13H23N3OS/c1-9(2)14-11(17)10(3)15-12-16-13(8-18-12)6-4-5-7-13/h9-10H,4-8H2,1-3H3,(H,14,17)(H,15,16). The number of hydrogen-bond donors (Lipinski definition) is 2. The molecule has 1 aliphatic carbocycles. The molecule has 1 heterocycles. The Morgan fingerprint density at radius 2 is 2.06 bits per heavy atom. The summed E-state index contributed by atoms with van der Waals surface area (Å²) in [5.41, 5.74) is 0.276. The third-order valence-corrected chi connectivity index (χ3v) is 4.72. The largest absolute Gasteiger partial charge is 0.359 e. The van der Waals surface area contributed by atoms with Gasteiger partial charge in [-0.25, -0.2) is 4.99 Å². The van der Waals surface area contributed by atoms with Crippen molar-refractivity contribution in [1.82, 2.24) is 10.6 Å². The number of nitrogens with zero attached hydrogens (tertiary/aromatic N) is 1. The zero-order chi connectivity index (χ0) is 13.2. The molecule has 0 aromatic heterocycles. The molecule has 1 amide bonds. The van der Waals surface area contributed by atoms with Crippen LogP contribution in [0.25, 0.3) is 0 Å². The van der Waals surface area contributed by atoms with Crippen LogP contribution in [-0.4, -0.2) is 34.5 Å². The summed E-state index contributed by atoms with van der Waals surface area (Å²) in [6.07, 6.45) is 5.10. The van der Waals surface area contributed by atoms with E-state index in [1.807, 2.05) is 20.8 Å². The van der Waals surface area contributed by atoms with E-state index in [0.717, 1.165) is 10.9 Å². The molecule has 4 nitrogen and oxygen atoms in total. The van der Waals surface area contributed by atoms with Crippen molar-refractivity contribution in [3.8, 4) is 0 Å². The first-order valence-electron chi connectivity index (χ1n) is 6.80. The van der Waals surface area contributed by atoms with E-state index in [9.17, 15) is 4.79 Å². The molecule has 1 spiro atoms. The van der Waals surface area contributed by atoms with Gasteiger partial charge in [0.15, 0.2) is 5.17 Å². The summed E-state index contributed by atoms with van der Waals surface area (Å²) in [4.78, 5) is 16.3. The van der Waals surface area contributed by atoms with E-state index < -0.39 is 0 Å². The Hall–Kier alpha value is -0.710. The van der Waals surface area contributed by atoms with Gasteiger partial charge in [-0.05, 0) is 33.6 Å². The fourth-order valence-corrected chi connectivity index (χ4v) is 3.83. The van der Waals surface area contributed by atoms with Crippen molar-refractivity contribution >= 4 is 22.8 Å². The maximum Gasteiger partial charge on any atom is 0.244 e. The number of amides is 1. The Balaban J connectivity index is 1.92. The maximum atomic E-state index is 11.8. The van der Waals surface area contributed by atoms with Crippen LogP contribution in [0.5, 0.6) is 0 Å². The van der Waals surface area contributed by atoms with Crippen LogP contribution in [0.2, 0.25) is 0 Å². The average molecular weight is 269 g/mol. The van der Waals surface area contributed by atoms with Crippen molar-refractivity contribution in [2.75, 3.05) is 5.75 Å². The maximum absolute atomic E-state index is 11.8. The summed E-state index contributed by atoms with van der Waals surface area (Å²) in [5, 5.41) is 7.38. The summed E-state index contributed by atoms with van der Waals surface area (Å²) in [6.45, 7) is 5.79. The molecule has 2 rings (SSSR count). The average Bonchev–Trinajstić information content (AvgIpc) is 2.89. The van der Waals surface area contributed by atoms with Gasteiger partial charge in [-0.15, -0.1) is 0 Å². The number of carbonyl (C=O) groups is 1. The van der Waals surface area contributed by atoms with Crippen LogP contribution < -0.4 is 10.6 Å². The minimum Gasteiger partial charge on any atom is -0.359 e. The second-order valence-corrected chi connectivity index (χ2v) is 6.64.